The lowest BCUT2D eigenvalue weighted by Gasteiger charge is -2.45. The molecule has 1 saturated heterocycles. The number of nitriles is 1. The van der Waals surface area contributed by atoms with Crippen LogP contribution in [0, 0.1) is 22.7 Å². The Morgan fingerprint density at radius 3 is 2.68 bits per heavy atom. The summed E-state index contributed by atoms with van der Waals surface area (Å²) in [7, 11) is 0. The van der Waals surface area contributed by atoms with Crippen molar-refractivity contribution >= 4 is 34.1 Å². The summed E-state index contributed by atoms with van der Waals surface area (Å²) < 4.78 is 7.53. The highest BCUT2D eigenvalue weighted by Gasteiger charge is 2.51. The Hall–Kier alpha value is -2.03. The first-order valence-corrected chi connectivity index (χ1v) is 10.6. The Morgan fingerprint density at radius 2 is 2.04 bits per heavy atom. The van der Waals surface area contributed by atoms with Gasteiger partial charge >= 0.3 is 0 Å². The highest BCUT2D eigenvalue weighted by molar-refractivity contribution is 6.36. The zero-order valence-corrected chi connectivity index (χ0v) is 16.8. The molecule has 148 valence electrons. The molecule has 1 N–H and O–H groups in total. The van der Waals surface area contributed by atoms with E-state index in [-0.39, 0.29) is 5.91 Å². The van der Waals surface area contributed by atoms with Crippen molar-refractivity contribution in [1.29, 1.82) is 5.26 Å². The van der Waals surface area contributed by atoms with Gasteiger partial charge in [-0.1, -0.05) is 43.4 Å². The number of carbonyl (C=O) groups is 1. The molecule has 1 aromatic carbocycles. The smallest absolute Gasteiger partial charge is 0.235 e. The number of benzene rings is 1. The summed E-state index contributed by atoms with van der Waals surface area (Å²) in [5.74, 6) is 0.427. The molecule has 1 aliphatic carbocycles. The molecule has 6 heteroatoms. The van der Waals surface area contributed by atoms with Crippen molar-refractivity contribution in [2.75, 3.05) is 18.5 Å². The van der Waals surface area contributed by atoms with Crippen molar-refractivity contribution in [2.24, 2.45) is 11.3 Å². The maximum Gasteiger partial charge on any atom is 0.235 e. The number of hydrogen-bond acceptors (Lipinski definition) is 3. The number of rotatable bonds is 5. The van der Waals surface area contributed by atoms with Gasteiger partial charge in [0.15, 0.2) is 0 Å². The first kappa shape index (κ1) is 19.3. The molecule has 5 nitrogen and oxygen atoms in total. The van der Waals surface area contributed by atoms with Crippen molar-refractivity contribution in [1.82, 2.24) is 4.57 Å². The molecular formula is C22H26ClN3O2. The predicted octanol–water partition coefficient (Wildman–Crippen LogP) is 5.13. The zero-order valence-electron chi connectivity index (χ0n) is 16.0. The largest absolute Gasteiger partial charge is 0.379 e. The first-order valence-electron chi connectivity index (χ1n) is 10.2. The first-order chi connectivity index (χ1) is 13.7. The Bertz CT molecular complexity index is 902. The minimum atomic E-state index is -0.424. The molecule has 0 radical (unpaired) electrons. The van der Waals surface area contributed by atoms with Crippen molar-refractivity contribution in [3.8, 4) is 6.07 Å². The molecule has 0 unspecified atom stereocenters. The third kappa shape index (κ3) is 3.40. The van der Waals surface area contributed by atoms with Gasteiger partial charge in [-0.25, -0.2) is 0 Å². The second-order valence-electron chi connectivity index (χ2n) is 8.07. The lowest BCUT2D eigenvalue weighted by molar-refractivity contribution is -0.170. The van der Waals surface area contributed by atoms with E-state index in [0.717, 1.165) is 29.4 Å². The summed E-state index contributed by atoms with van der Waals surface area (Å²) in [4.78, 5) is 13.4. The van der Waals surface area contributed by atoms with E-state index in [1.54, 1.807) is 0 Å². The number of carbonyl (C=O) groups excluding carboxylic acids is 1. The number of hydrogen-bond donors (Lipinski definition) is 1. The standard InChI is InChI=1S/C22H26ClN3O2/c23-17-9-5-10-19-20(17)18(13-26(19)12-6-11-24)25-21(27)22(14-28-15-22)16-7-3-1-2-4-8-16/h5,9-10,13,16H,1-4,6-8,12,14-15H2,(H,25,27). The number of anilines is 1. The average Bonchev–Trinajstić information content (AvgIpc) is 2.81. The maximum absolute atomic E-state index is 13.4. The second-order valence-corrected chi connectivity index (χ2v) is 8.48. The van der Waals surface area contributed by atoms with Gasteiger partial charge in [0.1, 0.15) is 0 Å². The van der Waals surface area contributed by atoms with Crippen LogP contribution >= 0.6 is 11.6 Å². The Morgan fingerprint density at radius 1 is 1.29 bits per heavy atom. The molecule has 0 spiro atoms. The number of aromatic nitrogens is 1. The molecule has 1 aromatic heterocycles. The van der Waals surface area contributed by atoms with Crippen LogP contribution in [0.25, 0.3) is 10.9 Å². The van der Waals surface area contributed by atoms with Gasteiger partial charge in [0.25, 0.3) is 0 Å². The molecule has 2 heterocycles. The number of halogens is 1. The van der Waals surface area contributed by atoms with Crippen LogP contribution < -0.4 is 5.32 Å². The minimum absolute atomic E-state index is 0.0462. The number of nitrogens with zero attached hydrogens (tertiary/aromatic N) is 2. The van der Waals surface area contributed by atoms with Crippen molar-refractivity contribution in [3.05, 3.63) is 29.4 Å². The van der Waals surface area contributed by atoms with Crippen molar-refractivity contribution < 1.29 is 9.53 Å². The maximum atomic E-state index is 13.4. The lowest BCUT2D eigenvalue weighted by atomic mass is 9.69. The summed E-state index contributed by atoms with van der Waals surface area (Å²) in [5, 5.41) is 13.6. The number of fused-ring (bicyclic) bond motifs is 1. The fourth-order valence-corrected chi connectivity index (χ4v) is 4.98. The van der Waals surface area contributed by atoms with Crippen LogP contribution in [-0.4, -0.2) is 23.7 Å². The third-order valence-electron chi connectivity index (χ3n) is 6.38. The Kier molecular flexibility index (Phi) is 5.61. The van der Waals surface area contributed by atoms with E-state index in [1.807, 2.05) is 29.0 Å². The SMILES string of the molecule is N#CCCn1cc(NC(=O)C2(C3CCCCCC3)COC2)c2c(Cl)cccc21. The average molecular weight is 400 g/mol. The molecule has 28 heavy (non-hydrogen) atoms. The monoisotopic (exact) mass is 399 g/mol. The van der Waals surface area contributed by atoms with Gasteiger partial charge in [0.05, 0.1) is 47.3 Å². The van der Waals surface area contributed by atoms with Crippen LogP contribution in [0.1, 0.15) is 44.9 Å². The third-order valence-corrected chi connectivity index (χ3v) is 6.69. The van der Waals surface area contributed by atoms with Gasteiger partial charge in [0, 0.05) is 18.1 Å². The van der Waals surface area contributed by atoms with E-state index in [1.165, 1.54) is 25.7 Å². The van der Waals surface area contributed by atoms with Gasteiger partial charge in [-0.3, -0.25) is 4.79 Å². The van der Waals surface area contributed by atoms with E-state index in [0.29, 0.717) is 37.1 Å². The van der Waals surface area contributed by atoms with Crippen molar-refractivity contribution in [2.45, 2.75) is 51.5 Å². The Balaban J connectivity index is 1.63. The molecule has 2 aliphatic rings. The summed E-state index contributed by atoms with van der Waals surface area (Å²) in [6.07, 6.45) is 9.42. The van der Waals surface area contributed by atoms with E-state index < -0.39 is 5.41 Å². The van der Waals surface area contributed by atoms with E-state index in [2.05, 4.69) is 11.4 Å². The topological polar surface area (TPSA) is 67.0 Å². The highest BCUT2D eigenvalue weighted by atomic mass is 35.5. The van der Waals surface area contributed by atoms with Crippen LogP contribution in [0.4, 0.5) is 5.69 Å². The lowest BCUT2D eigenvalue weighted by Crippen LogP contribution is -2.56. The number of nitrogens with one attached hydrogen (secondary N) is 1. The molecule has 4 rings (SSSR count). The van der Waals surface area contributed by atoms with Crippen LogP contribution in [0.2, 0.25) is 5.02 Å². The number of aryl methyl sites for hydroxylation is 1. The summed E-state index contributed by atoms with van der Waals surface area (Å²) in [5.41, 5.74) is 1.24. The number of ether oxygens (including phenoxy) is 1. The van der Waals surface area contributed by atoms with Crippen LogP contribution in [0.3, 0.4) is 0 Å². The summed E-state index contributed by atoms with van der Waals surface area (Å²) >= 11 is 6.47. The number of amides is 1. The van der Waals surface area contributed by atoms with E-state index in [9.17, 15) is 4.79 Å². The normalized spacial score (nSPS) is 19.6. The zero-order chi connectivity index (χ0) is 19.6. The fraction of sp³-hybridized carbons (Fsp3) is 0.545. The second kappa shape index (κ2) is 8.14. The molecule has 0 bridgehead atoms. The van der Waals surface area contributed by atoms with Crippen LogP contribution in [0.5, 0.6) is 0 Å². The van der Waals surface area contributed by atoms with Crippen LogP contribution in [0.15, 0.2) is 24.4 Å². The molecule has 1 amide bonds. The molecule has 2 fully saturated rings. The van der Waals surface area contributed by atoms with Gasteiger partial charge < -0.3 is 14.6 Å². The van der Waals surface area contributed by atoms with Crippen molar-refractivity contribution in [3.63, 3.8) is 0 Å². The minimum Gasteiger partial charge on any atom is -0.379 e. The van der Waals surface area contributed by atoms with E-state index >= 15 is 0 Å². The highest BCUT2D eigenvalue weighted by Crippen LogP contribution is 2.44. The van der Waals surface area contributed by atoms with Gasteiger partial charge in [-0.15, -0.1) is 0 Å². The fourth-order valence-electron chi connectivity index (χ4n) is 4.71. The summed E-state index contributed by atoms with van der Waals surface area (Å²) in [6, 6.07) is 7.88. The van der Waals surface area contributed by atoms with Crippen LogP contribution in [-0.2, 0) is 16.1 Å². The molecule has 1 saturated carbocycles. The van der Waals surface area contributed by atoms with Gasteiger partial charge in [0.2, 0.25) is 5.91 Å². The predicted molar refractivity (Wildman–Crippen MR) is 110 cm³/mol. The summed E-state index contributed by atoms with van der Waals surface area (Å²) in [6.45, 7) is 1.58. The quantitative estimate of drug-likeness (QED) is 0.708. The molecular weight excluding hydrogens is 374 g/mol. The van der Waals surface area contributed by atoms with Gasteiger partial charge in [-0.05, 0) is 30.9 Å². The molecule has 2 aromatic rings. The molecule has 0 atom stereocenters. The van der Waals surface area contributed by atoms with E-state index in [4.69, 9.17) is 21.6 Å². The Labute approximate surface area is 170 Å². The van der Waals surface area contributed by atoms with Gasteiger partial charge in [-0.2, -0.15) is 5.26 Å². The molecule has 1 aliphatic heterocycles.